The predicted molar refractivity (Wildman–Crippen MR) is 119 cm³/mol. The number of ether oxygens (including phenoxy) is 1. The number of rotatable bonds is 5. The SMILES string of the molecule is S=C(NC[C@H]1CCCO1)N/N=C1/C2CN3CCN(C2)CC1(Cc1ccccc1)C3. The molecule has 1 aromatic carbocycles. The van der Waals surface area contributed by atoms with Crippen molar-refractivity contribution >= 4 is 23.0 Å². The van der Waals surface area contributed by atoms with Crippen LogP contribution >= 0.6 is 12.2 Å². The molecule has 0 saturated carbocycles. The molecule has 3 atom stereocenters. The zero-order chi connectivity index (χ0) is 19.7. The fraction of sp³-hybridized carbons (Fsp3) is 0.636. The highest BCUT2D eigenvalue weighted by Crippen LogP contribution is 2.40. The lowest BCUT2D eigenvalue weighted by atomic mass is 9.67. The number of hydrogen-bond donors (Lipinski definition) is 2. The van der Waals surface area contributed by atoms with Crippen molar-refractivity contribution in [2.45, 2.75) is 25.4 Å². The van der Waals surface area contributed by atoms with E-state index in [2.05, 4.69) is 50.9 Å². The zero-order valence-corrected chi connectivity index (χ0v) is 17.8. The highest BCUT2D eigenvalue weighted by atomic mass is 32.1. The second-order valence-corrected chi connectivity index (χ2v) is 9.47. The van der Waals surface area contributed by atoms with Crippen LogP contribution in [0.25, 0.3) is 0 Å². The average Bonchev–Trinajstić information content (AvgIpc) is 3.13. The van der Waals surface area contributed by atoms with Gasteiger partial charge < -0.3 is 19.9 Å². The van der Waals surface area contributed by atoms with E-state index < -0.39 is 0 Å². The van der Waals surface area contributed by atoms with Crippen molar-refractivity contribution in [2.24, 2.45) is 16.4 Å². The topological polar surface area (TPSA) is 52.1 Å². The number of nitrogens with one attached hydrogen (secondary N) is 2. The summed E-state index contributed by atoms with van der Waals surface area (Å²) in [5.74, 6) is 0.483. The Morgan fingerprint density at radius 2 is 1.93 bits per heavy atom. The predicted octanol–water partition coefficient (Wildman–Crippen LogP) is 1.48. The van der Waals surface area contributed by atoms with E-state index >= 15 is 0 Å². The number of fused-ring (bicyclic) bond motifs is 1. The number of hydrazone groups is 1. The third kappa shape index (κ3) is 4.19. The van der Waals surface area contributed by atoms with Crippen LogP contribution < -0.4 is 10.7 Å². The van der Waals surface area contributed by atoms with E-state index in [1.165, 1.54) is 24.4 Å². The summed E-state index contributed by atoms with van der Waals surface area (Å²) in [5.41, 5.74) is 5.96. The summed E-state index contributed by atoms with van der Waals surface area (Å²) in [6, 6.07) is 10.9. The molecular weight excluding hydrogens is 382 g/mol. The Bertz CT molecular complexity index is 748. The van der Waals surface area contributed by atoms with Crippen molar-refractivity contribution in [3.8, 4) is 0 Å². The Labute approximate surface area is 178 Å². The van der Waals surface area contributed by atoms with Gasteiger partial charge in [0.1, 0.15) is 0 Å². The lowest BCUT2D eigenvalue weighted by Gasteiger charge is -2.50. The quantitative estimate of drug-likeness (QED) is 0.563. The molecular formula is C22H31N5OS. The maximum Gasteiger partial charge on any atom is 0.187 e. The second-order valence-electron chi connectivity index (χ2n) is 9.06. The maximum atomic E-state index is 5.67. The molecule has 0 spiro atoms. The van der Waals surface area contributed by atoms with Gasteiger partial charge in [-0.25, -0.2) is 0 Å². The summed E-state index contributed by atoms with van der Waals surface area (Å²) in [5, 5.41) is 8.84. The van der Waals surface area contributed by atoms with Crippen molar-refractivity contribution in [1.82, 2.24) is 20.5 Å². The molecule has 6 nitrogen and oxygen atoms in total. The molecule has 2 N–H and O–H groups in total. The summed E-state index contributed by atoms with van der Waals surface area (Å²) in [6.07, 6.45) is 3.56. The summed E-state index contributed by atoms with van der Waals surface area (Å²) < 4.78 is 5.67. The van der Waals surface area contributed by atoms with Gasteiger partial charge in [-0.05, 0) is 37.0 Å². The van der Waals surface area contributed by atoms with Crippen LogP contribution in [0.2, 0.25) is 0 Å². The Morgan fingerprint density at radius 1 is 1.17 bits per heavy atom. The van der Waals surface area contributed by atoms with Crippen LogP contribution in [0.1, 0.15) is 18.4 Å². The summed E-state index contributed by atoms with van der Waals surface area (Å²) in [6.45, 7) is 8.39. The van der Waals surface area contributed by atoms with Gasteiger partial charge in [-0.1, -0.05) is 30.3 Å². The number of nitrogens with zero attached hydrogens (tertiary/aromatic N) is 3. The van der Waals surface area contributed by atoms with Crippen molar-refractivity contribution in [3.05, 3.63) is 35.9 Å². The van der Waals surface area contributed by atoms with E-state index in [1.54, 1.807) is 0 Å². The molecule has 5 saturated heterocycles. The Morgan fingerprint density at radius 3 is 2.62 bits per heavy atom. The van der Waals surface area contributed by atoms with Gasteiger partial charge in [0.2, 0.25) is 0 Å². The van der Waals surface area contributed by atoms with Crippen LogP contribution in [0.5, 0.6) is 0 Å². The minimum atomic E-state index is 0.0657. The first kappa shape index (κ1) is 19.4. The minimum absolute atomic E-state index is 0.0657. The van der Waals surface area contributed by atoms with Gasteiger partial charge in [0.25, 0.3) is 0 Å². The van der Waals surface area contributed by atoms with Crippen molar-refractivity contribution in [2.75, 3.05) is 52.4 Å². The molecule has 5 aliphatic rings. The van der Waals surface area contributed by atoms with E-state index in [4.69, 9.17) is 22.1 Å². The van der Waals surface area contributed by atoms with Crippen molar-refractivity contribution < 1.29 is 4.74 Å². The van der Waals surface area contributed by atoms with Crippen LogP contribution in [0.15, 0.2) is 35.4 Å². The maximum absolute atomic E-state index is 5.67. The highest BCUT2D eigenvalue weighted by molar-refractivity contribution is 7.80. The lowest BCUT2D eigenvalue weighted by molar-refractivity contribution is 0.113. The van der Waals surface area contributed by atoms with Gasteiger partial charge in [0.05, 0.1) is 11.8 Å². The summed E-state index contributed by atoms with van der Waals surface area (Å²) in [7, 11) is 0. The lowest BCUT2D eigenvalue weighted by Crippen LogP contribution is -2.62. The van der Waals surface area contributed by atoms with Crippen LogP contribution in [0.4, 0.5) is 0 Å². The first-order valence-corrected chi connectivity index (χ1v) is 11.3. The van der Waals surface area contributed by atoms with E-state index in [0.717, 1.165) is 58.6 Å². The van der Waals surface area contributed by atoms with E-state index in [-0.39, 0.29) is 11.5 Å². The molecule has 0 radical (unpaired) electrons. The van der Waals surface area contributed by atoms with Gasteiger partial charge in [0, 0.05) is 63.8 Å². The highest BCUT2D eigenvalue weighted by Gasteiger charge is 2.52. The minimum Gasteiger partial charge on any atom is -0.376 e. The molecule has 0 aromatic heterocycles. The molecule has 5 heterocycles. The van der Waals surface area contributed by atoms with E-state index in [0.29, 0.717) is 11.0 Å². The van der Waals surface area contributed by atoms with Crippen molar-refractivity contribution in [1.29, 1.82) is 0 Å². The van der Waals surface area contributed by atoms with Crippen LogP contribution in [0.3, 0.4) is 0 Å². The first-order valence-electron chi connectivity index (χ1n) is 10.9. The standard InChI is InChI=1S/C22H31N5OS/c29-21(23-12-19-7-4-10-28-19)25-24-20-18-13-26-8-9-27(14-18)16-22(20,15-26)11-17-5-2-1-3-6-17/h1-3,5-6,18-19H,4,7-16H2,(H2,23,25,29)/b24-20-/t18?,19-,22?/m1/s1. The van der Waals surface area contributed by atoms with Gasteiger partial charge in [-0.15, -0.1) is 0 Å². The monoisotopic (exact) mass is 413 g/mol. The Balaban J connectivity index is 1.33. The molecule has 1 aromatic rings. The third-order valence-corrected chi connectivity index (χ3v) is 7.09. The van der Waals surface area contributed by atoms with Gasteiger partial charge in [-0.3, -0.25) is 5.43 Å². The molecule has 0 amide bonds. The number of piperidine rings is 2. The number of benzene rings is 1. The largest absolute Gasteiger partial charge is 0.376 e. The molecule has 2 unspecified atom stereocenters. The van der Waals surface area contributed by atoms with Gasteiger partial charge >= 0.3 is 0 Å². The number of hydrogen-bond acceptors (Lipinski definition) is 5. The average molecular weight is 414 g/mol. The zero-order valence-electron chi connectivity index (χ0n) is 17.0. The Kier molecular flexibility index (Phi) is 5.56. The normalized spacial score (nSPS) is 36.9. The molecule has 0 aliphatic carbocycles. The molecule has 156 valence electrons. The Hall–Kier alpha value is -1.54. The smallest absolute Gasteiger partial charge is 0.187 e. The summed E-state index contributed by atoms with van der Waals surface area (Å²) >= 11 is 5.51. The number of thiocarbonyl (C=S) groups is 1. The molecule has 5 aliphatic heterocycles. The fourth-order valence-corrected chi connectivity index (χ4v) is 5.80. The third-order valence-electron chi connectivity index (χ3n) is 6.85. The molecule has 5 fully saturated rings. The van der Waals surface area contributed by atoms with E-state index in [9.17, 15) is 0 Å². The van der Waals surface area contributed by atoms with Gasteiger partial charge in [0.15, 0.2) is 5.11 Å². The molecule has 4 bridgehead atoms. The van der Waals surface area contributed by atoms with Crippen LogP contribution in [-0.4, -0.2) is 79.1 Å². The molecule has 7 heteroatoms. The van der Waals surface area contributed by atoms with Crippen molar-refractivity contribution in [3.63, 3.8) is 0 Å². The fourth-order valence-electron chi connectivity index (χ4n) is 5.67. The molecule has 29 heavy (non-hydrogen) atoms. The summed E-state index contributed by atoms with van der Waals surface area (Å²) in [4.78, 5) is 5.29. The van der Waals surface area contributed by atoms with E-state index in [1.807, 2.05) is 0 Å². The van der Waals surface area contributed by atoms with Crippen LogP contribution in [0, 0.1) is 11.3 Å². The van der Waals surface area contributed by atoms with Gasteiger partial charge in [-0.2, -0.15) is 5.10 Å². The second kappa shape index (κ2) is 8.30. The molecule has 6 rings (SSSR count). The first-order chi connectivity index (χ1) is 14.2. The van der Waals surface area contributed by atoms with Crippen LogP contribution in [-0.2, 0) is 11.2 Å².